The molecule has 0 spiro atoms. The molecule has 0 atom stereocenters. The Kier molecular flexibility index (Phi) is 3.96. The van der Waals surface area contributed by atoms with Crippen LogP contribution in [0.5, 0.6) is 0 Å². The van der Waals surface area contributed by atoms with Crippen LogP contribution in [0.3, 0.4) is 0 Å². The van der Waals surface area contributed by atoms with Crippen molar-refractivity contribution in [1.82, 2.24) is 4.57 Å². The first kappa shape index (κ1) is 16.3. The predicted molar refractivity (Wildman–Crippen MR) is 71.0 cm³/mol. The van der Waals surface area contributed by atoms with Gasteiger partial charge in [0.15, 0.2) is 0 Å². The molecule has 0 saturated heterocycles. The lowest BCUT2D eigenvalue weighted by Gasteiger charge is -2.11. The SMILES string of the molecule is O=C(O)c1cc(C(=O)O)c(=O)n(-c2cccc(C(F)(F)F)c2)c1. The molecule has 1 heterocycles. The van der Waals surface area contributed by atoms with Gasteiger partial charge in [-0.2, -0.15) is 13.2 Å². The number of carboxylic acid groups (broad SMARTS) is 2. The maximum absolute atomic E-state index is 12.7. The van der Waals surface area contributed by atoms with Gasteiger partial charge in [0.25, 0.3) is 5.56 Å². The van der Waals surface area contributed by atoms with Gasteiger partial charge in [-0.25, -0.2) is 9.59 Å². The van der Waals surface area contributed by atoms with E-state index in [0.717, 1.165) is 24.4 Å². The van der Waals surface area contributed by atoms with Crippen LogP contribution in [0.25, 0.3) is 5.69 Å². The average Bonchev–Trinajstić information content (AvgIpc) is 2.46. The number of hydrogen-bond acceptors (Lipinski definition) is 3. The quantitative estimate of drug-likeness (QED) is 0.901. The first-order valence-corrected chi connectivity index (χ1v) is 6.02. The number of alkyl halides is 3. The molecule has 0 bridgehead atoms. The van der Waals surface area contributed by atoms with E-state index >= 15 is 0 Å². The summed E-state index contributed by atoms with van der Waals surface area (Å²) in [5.41, 5.74) is -3.89. The van der Waals surface area contributed by atoms with Crippen LogP contribution in [0.1, 0.15) is 26.3 Å². The van der Waals surface area contributed by atoms with Gasteiger partial charge in [-0.3, -0.25) is 9.36 Å². The molecule has 0 radical (unpaired) electrons. The van der Waals surface area contributed by atoms with Gasteiger partial charge in [0.05, 0.1) is 11.1 Å². The van der Waals surface area contributed by atoms with E-state index < -0.39 is 40.4 Å². The molecule has 6 nitrogen and oxygen atoms in total. The summed E-state index contributed by atoms with van der Waals surface area (Å²) in [4.78, 5) is 34.1. The number of rotatable bonds is 3. The second kappa shape index (κ2) is 5.59. The number of aromatic carboxylic acids is 2. The minimum absolute atomic E-state index is 0.296. The lowest BCUT2D eigenvalue weighted by molar-refractivity contribution is -0.137. The van der Waals surface area contributed by atoms with Crippen molar-refractivity contribution in [2.45, 2.75) is 6.18 Å². The molecule has 9 heteroatoms. The molecule has 1 aromatic carbocycles. The predicted octanol–water partition coefficient (Wildman–Crippen LogP) is 2.25. The number of benzene rings is 1. The summed E-state index contributed by atoms with van der Waals surface area (Å²) in [5, 5.41) is 17.9. The van der Waals surface area contributed by atoms with Gasteiger partial charge in [0.1, 0.15) is 5.56 Å². The van der Waals surface area contributed by atoms with Gasteiger partial charge in [-0.15, -0.1) is 0 Å². The molecule has 0 fully saturated rings. The highest BCUT2D eigenvalue weighted by atomic mass is 19.4. The maximum atomic E-state index is 12.7. The molecule has 0 unspecified atom stereocenters. The summed E-state index contributed by atoms with van der Waals surface area (Å²) in [5.74, 6) is -3.20. The molecule has 2 N–H and O–H groups in total. The van der Waals surface area contributed by atoms with Crippen LogP contribution in [0.2, 0.25) is 0 Å². The Morgan fingerprint density at radius 1 is 1.04 bits per heavy atom. The van der Waals surface area contributed by atoms with E-state index in [-0.39, 0.29) is 5.69 Å². The fourth-order valence-corrected chi connectivity index (χ4v) is 1.88. The van der Waals surface area contributed by atoms with Gasteiger partial charge in [-0.1, -0.05) is 6.07 Å². The number of nitrogens with zero attached hydrogens (tertiary/aromatic N) is 1. The Bertz CT molecular complexity index is 854. The maximum Gasteiger partial charge on any atom is 0.416 e. The standard InChI is InChI=1S/C14H8F3NO5/c15-14(16,17)8-2-1-3-9(5-8)18-6-7(12(20)21)4-10(11(18)19)13(22)23/h1-6H,(H,20,21)(H,22,23). The highest BCUT2D eigenvalue weighted by Gasteiger charge is 2.30. The fraction of sp³-hybridized carbons (Fsp3) is 0.0714. The fourth-order valence-electron chi connectivity index (χ4n) is 1.88. The third-order valence-corrected chi connectivity index (χ3v) is 2.95. The Balaban J connectivity index is 2.75. The van der Waals surface area contributed by atoms with Crippen LogP contribution in [-0.4, -0.2) is 26.7 Å². The molecule has 2 aromatic rings. The van der Waals surface area contributed by atoms with Crippen LogP contribution >= 0.6 is 0 Å². The molecule has 0 aliphatic carbocycles. The third kappa shape index (κ3) is 3.23. The van der Waals surface area contributed by atoms with Crippen LogP contribution in [0, 0.1) is 0 Å². The molecule has 1 aromatic heterocycles. The third-order valence-electron chi connectivity index (χ3n) is 2.95. The Morgan fingerprint density at radius 3 is 2.22 bits per heavy atom. The van der Waals surface area contributed by atoms with E-state index in [1.807, 2.05) is 0 Å². The number of aromatic nitrogens is 1. The van der Waals surface area contributed by atoms with Crippen LogP contribution in [-0.2, 0) is 6.18 Å². The first-order chi connectivity index (χ1) is 10.6. The summed E-state index contributed by atoms with van der Waals surface area (Å²) in [7, 11) is 0. The van der Waals surface area contributed by atoms with Crippen LogP contribution in [0.15, 0.2) is 41.3 Å². The lowest BCUT2D eigenvalue weighted by Crippen LogP contribution is -2.26. The second-order valence-corrected chi connectivity index (χ2v) is 4.48. The summed E-state index contributed by atoms with van der Waals surface area (Å²) < 4.78 is 38.7. The molecule has 0 saturated carbocycles. The van der Waals surface area contributed by atoms with Crippen molar-refractivity contribution in [3.05, 3.63) is 63.6 Å². The summed E-state index contributed by atoms with van der Waals surface area (Å²) in [6.45, 7) is 0. The largest absolute Gasteiger partial charge is 0.478 e. The minimum Gasteiger partial charge on any atom is -0.478 e. The molecule has 0 aliphatic rings. The smallest absolute Gasteiger partial charge is 0.416 e. The highest BCUT2D eigenvalue weighted by molar-refractivity contribution is 5.93. The topological polar surface area (TPSA) is 96.6 Å². The van der Waals surface area contributed by atoms with Gasteiger partial charge in [0, 0.05) is 11.9 Å². The molecular formula is C14H8F3NO5. The van der Waals surface area contributed by atoms with E-state index in [9.17, 15) is 27.6 Å². The van der Waals surface area contributed by atoms with Crippen molar-refractivity contribution >= 4 is 11.9 Å². The Labute approximate surface area is 126 Å². The second-order valence-electron chi connectivity index (χ2n) is 4.48. The summed E-state index contributed by atoms with van der Waals surface area (Å²) in [6.07, 6.45) is -3.90. The van der Waals surface area contributed by atoms with Gasteiger partial charge in [0.2, 0.25) is 0 Å². The van der Waals surface area contributed by atoms with Gasteiger partial charge >= 0.3 is 18.1 Å². The highest BCUT2D eigenvalue weighted by Crippen LogP contribution is 2.30. The van der Waals surface area contributed by atoms with Crippen molar-refractivity contribution in [2.75, 3.05) is 0 Å². The number of pyridine rings is 1. The minimum atomic E-state index is -4.67. The Hall–Kier alpha value is -3.10. The van der Waals surface area contributed by atoms with Gasteiger partial charge in [-0.05, 0) is 24.3 Å². The average molecular weight is 327 g/mol. The van der Waals surface area contributed by atoms with E-state index in [0.29, 0.717) is 16.7 Å². The number of carbonyl (C=O) groups is 2. The zero-order valence-corrected chi connectivity index (χ0v) is 11.2. The zero-order chi connectivity index (χ0) is 17.4. The molecule has 120 valence electrons. The summed E-state index contributed by atoms with van der Waals surface area (Å²) in [6, 6.07) is 4.20. The van der Waals surface area contributed by atoms with Crippen molar-refractivity contribution in [3.63, 3.8) is 0 Å². The lowest BCUT2D eigenvalue weighted by atomic mass is 10.1. The van der Waals surface area contributed by atoms with Crippen molar-refractivity contribution in [2.24, 2.45) is 0 Å². The normalized spacial score (nSPS) is 11.3. The van der Waals surface area contributed by atoms with Crippen molar-refractivity contribution in [1.29, 1.82) is 0 Å². The van der Waals surface area contributed by atoms with E-state index in [1.165, 1.54) is 0 Å². The number of carboxylic acids is 2. The van der Waals surface area contributed by atoms with E-state index in [2.05, 4.69) is 0 Å². The zero-order valence-electron chi connectivity index (χ0n) is 11.2. The number of hydrogen-bond donors (Lipinski definition) is 2. The number of halogens is 3. The molecule has 0 amide bonds. The van der Waals surface area contributed by atoms with Crippen molar-refractivity contribution in [3.8, 4) is 5.69 Å². The van der Waals surface area contributed by atoms with Crippen molar-refractivity contribution < 1.29 is 33.0 Å². The molecular weight excluding hydrogens is 319 g/mol. The molecule has 23 heavy (non-hydrogen) atoms. The van der Waals surface area contributed by atoms with E-state index in [4.69, 9.17) is 10.2 Å². The van der Waals surface area contributed by atoms with Crippen LogP contribution in [0.4, 0.5) is 13.2 Å². The first-order valence-electron chi connectivity index (χ1n) is 6.02. The monoisotopic (exact) mass is 327 g/mol. The Morgan fingerprint density at radius 2 is 1.70 bits per heavy atom. The van der Waals surface area contributed by atoms with Crippen LogP contribution < -0.4 is 5.56 Å². The summed E-state index contributed by atoms with van der Waals surface area (Å²) >= 11 is 0. The molecule has 2 rings (SSSR count). The van der Waals surface area contributed by atoms with Gasteiger partial charge < -0.3 is 10.2 Å². The molecule has 0 aliphatic heterocycles. The van der Waals surface area contributed by atoms with E-state index in [1.54, 1.807) is 0 Å².